The second-order valence-corrected chi connectivity index (χ2v) is 2.29. The van der Waals surface area contributed by atoms with E-state index in [0.29, 0.717) is 0 Å². The van der Waals surface area contributed by atoms with E-state index in [0.717, 1.165) is 11.1 Å². The first kappa shape index (κ1) is 9.34. The molecule has 0 radical (unpaired) electrons. The summed E-state index contributed by atoms with van der Waals surface area (Å²) in [6.07, 6.45) is -0.902. The predicted octanol–water partition coefficient (Wildman–Crippen LogP) is 3.16. The van der Waals surface area contributed by atoms with Crippen LogP contribution < -0.4 is 0 Å². The van der Waals surface area contributed by atoms with Gasteiger partial charge in [-0.1, -0.05) is 23.8 Å². The van der Waals surface area contributed by atoms with Crippen molar-refractivity contribution in [2.75, 3.05) is 0 Å². The van der Waals surface area contributed by atoms with E-state index in [4.69, 9.17) is 0 Å². The van der Waals surface area contributed by atoms with E-state index in [1.807, 2.05) is 0 Å². The molecule has 2 heteroatoms. The summed E-state index contributed by atoms with van der Waals surface area (Å²) < 4.78 is 23.2. The monoisotopic (exact) mass is 146 g/mol. The van der Waals surface area contributed by atoms with Gasteiger partial charge in [0.25, 0.3) is 0 Å². The van der Waals surface area contributed by atoms with Gasteiger partial charge in [-0.25, -0.2) is 8.78 Å². The second kappa shape index (κ2) is 4.20. The fraction of sp³-hybridized carbons (Fsp3) is 0.500. The first-order chi connectivity index (χ1) is 4.54. The minimum Gasteiger partial charge on any atom is -0.210 e. The number of halogens is 2. The first-order valence-corrected chi connectivity index (χ1v) is 3.15. The average Bonchev–Trinajstić information content (AvgIpc) is 1.82. The molecule has 0 amide bonds. The molecule has 0 aromatic rings. The van der Waals surface area contributed by atoms with Crippen molar-refractivity contribution in [3.8, 4) is 0 Å². The highest BCUT2D eigenvalue weighted by Gasteiger charge is 1.98. The van der Waals surface area contributed by atoms with Crippen LogP contribution in [0.5, 0.6) is 0 Å². The zero-order valence-corrected chi connectivity index (χ0v) is 6.32. The number of hydrogen-bond donors (Lipinski definition) is 0. The molecule has 0 nitrogen and oxygen atoms in total. The smallest absolute Gasteiger partial charge is 0.210 e. The fourth-order valence-corrected chi connectivity index (χ4v) is 0.440. The summed E-state index contributed by atoms with van der Waals surface area (Å²) in [5, 5.41) is 0. The minimum absolute atomic E-state index is 0.168. The van der Waals surface area contributed by atoms with Gasteiger partial charge < -0.3 is 0 Å². The molecule has 0 aliphatic heterocycles. The van der Waals surface area contributed by atoms with Crippen LogP contribution in [0.1, 0.15) is 20.3 Å². The van der Waals surface area contributed by atoms with Gasteiger partial charge in [0.2, 0.25) is 6.43 Å². The van der Waals surface area contributed by atoms with Crippen molar-refractivity contribution in [1.29, 1.82) is 0 Å². The lowest BCUT2D eigenvalue weighted by molar-refractivity contribution is 0.152. The van der Waals surface area contributed by atoms with Crippen molar-refractivity contribution in [2.45, 2.75) is 26.7 Å². The third-order valence-electron chi connectivity index (χ3n) is 1.28. The molecule has 0 aromatic carbocycles. The Morgan fingerprint density at radius 3 is 2.30 bits per heavy atom. The van der Waals surface area contributed by atoms with Crippen molar-refractivity contribution in [3.05, 3.63) is 23.8 Å². The maximum Gasteiger partial charge on any atom is 0.242 e. The molecule has 0 aromatic heterocycles. The summed E-state index contributed by atoms with van der Waals surface area (Å²) in [7, 11) is 0. The third kappa shape index (κ3) is 4.24. The van der Waals surface area contributed by atoms with Gasteiger partial charge in [0.15, 0.2) is 0 Å². The zero-order chi connectivity index (χ0) is 8.15. The van der Waals surface area contributed by atoms with Gasteiger partial charge in [0.05, 0.1) is 0 Å². The SMILES string of the molecule is C=C(C)/C(C)=C/CC(F)F. The van der Waals surface area contributed by atoms with Gasteiger partial charge in [-0.05, 0) is 13.8 Å². The van der Waals surface area contributed by atoms with Crippen LogP contribution in [-0.2, 0) is 0 Å². The summed E-state index contributed by atoms with van der Waals surface area (Å²) in [6.45, 7) is 7.21. The summed E-state index contributed by atoms with van der Waals surface area (Å²) >= 11 is 0. The quantitative estimate of drug-likeness (QED) is 0.536. The van der Waals surface area contributed by atoms with Crippen LogP contribution in [0.2, 0.25) is 0 Å². The van der Waals surface area contributed by atoms with Crippen LogP contribution in [0.3, 0.4) is 0 Å². The standard InChI is InChI=1S/C8H12F2/c1-6(2)7(3)4-5-8(9)10/h4,8H,1,5H2,2-3H3/b7-4+. The molecule has 0 aliphatic carbocycles. The van der Waals surface area contributed by atoms with Crippen LogP contribution >= 0.6 is 0 Å². The lowest BCUT2D eigenvalue weighted by Gasteiger charge is -1.97. The molecular formula is C8H12F2. The molecule has 0 unspecified atom stereocenters. The Labute approximate surface area is 60.2 Å². The van der Waals surface area contributed by atoms with E-state index >= 15 is 0 Å². The molecule has 10 heavy (non-hydrogen) atoms. The van der Waals surface area contributed by atoms with Crippen LogP contribution in [0, 0.1) is 0 Å². The normalized spacial score (nSPS) is 12.3. The van der Waals surface area contributed by atoms with Gasteiger partial charge >= 0.3 is 0 Å². The predicted molar refractivity (Wildman–Crippen MR) is 39.2 cm³/mol. The number of hydrogen-bond acceptors (Lipinski definition) is 0. The van der Waals surface area contributed by atoms with E-state index in [-0.39, 0.29) is 6.42 Å². The molecule has 0 spiro atoms. The van der Waals surface area contributed by atoms with E-state index in [1.165, 1.54) is 6.08 Å². The minimum atomic E-state index is -2.24. The van der Waals surface area contributed by atoms with Gasteiger partial charge in [0.1, 0.15) is 0 Å². The third-order valence-corrected chi connectivity index (χ3v) is 1.28. The lowest BCUT2D eigenvalue weighted by atomic mass is 10.1. The van der Waals surface area contributed by atoms with E-state index in [2.05, 4.69) is 6.58 Å². The molecule has 0 heterocycles. The van der Waals surface area contributed by atoms with Crippen molar-refractivity contribution in [3.63, 3.8) is 0 Å². The fourth-order valence-electron chi connectivity index (χ4n) is 0.440. The van der Waals surface area contributed by atoms with Crippen LogP contribution in [0.15, 0.2) is 23.8 Å². The Bertz CT molecular complexity index is 145. The van der Waals surface area contributed by atoms with Gasteiger partial charge in [-0.15, -0.1) is 0 Å². The molecule has 0 aliphatic rings. The molecule has 0 fully saturated rings. The van der Waals surface area contributed by atoms with Crippen molar-refractivity contribution in [1.82, 2.24) is 0 Å². The largest absolute Gasteiger partial charge is 0.242 e. The van der Waals surface area contributed by atoms with Gasteiger partial charge in [0, 0.05) is 6.42 Å². The number of alkyl halides is 2. The first-order valence-electron chi connectivity index (χ1n) is 3.15. The topological polar surface area (TPSA) is 0 Å². The van der Waals surface area contributed by atoms with Crippen molar-refractivity contribution >= 4 is 0 Å². The molecule has 0 rings (SSSR count). The highest BCUT2D eigenvalue weighted by molar-refractivity contribution is 5.23. The Morgan fingerprint density at radius 1 is 1.50 bits per heavy atom. The molecule has 0 atom stereocenters. The number of rotatable bonds is 3. The summed E-state index contributed by atoms with van der Waals surface area (Å²) in [4.78, 5) is 0. The van der Waals surface area contributed by atoms with E-state index < -0.39 is 6.43 Å². The molecule has 0 saturated heterocycles. The summed E-state index contributed by atoms with van der Waals surface area (Å²) in [5.41, 5.74) is 1.70. The zero-order valence-electron chi connectivity index (χ0n) is 6.32. The maximum atomic E-state index is 11.6. The second-order valence-electron chi connectivity index (χ2n) is 2.29. The number of allylic oxidation sites excluding steroid dienone is 3. The molecule has 58 valence electrons. The van der Waals surface area contributed by atoms with Crippen molar-refractivity contribution in [2.24, 2.45) is 0 Å². The average molecular weight is 146 g/mol. The Morgan fingerprint density at radius 2 is 2.00 bits per heavy atom. The molecule has 0 saturated carbocycles. The lowest BCUT2D eigenvalue weighted by Crippen LogP contribution is -1.87. The van der Waals surface area contributed by atoms with Gasteiger partial charge in [-0.3, -0.25) is 0 Å². The summed E-state index contributed by atoms with van der Waals surface area (Å²) in [6, 6.07) is 0. The van der Waals surface area contributed by atoms with Crippen LogP contribution in [0.25, 0.3) is 0 Å². The van der Waals surface area contributed by atoms with Gasteiger partial charge in [-0.2, -0.15) is 0 Å². The van der Waals surface area contributed by atoms with Crippen LogP contribution in [0.4, 0.5) is 8.78 Å². The van der Waals surface area contributed by atoms with Crippen molar-refractivity contribution < 1.29 is 8.78 Å². The van der Waals surface area contributed by atoms with Crippen LogP contribution in [-0.4, -0.2) is 6.43 Å². The Hall–Kier alpha value is -0.660. The highest BCUT2D eigenvalue weighted by atomic mass is 19.3. The Balaban J connectivity index is 3.81. The summed E-state index contributed by atoms with van der Waals surface area (Å²) in [5.74, 6) is 0. The molecular weight excluding hydrogens is 134 g/mol. The maximum absolute atomic E-state index is 11.6. The molecule has 0 bridgehead atoms. The Kier molecular flexibility index (Phi) is 3.93. The molecule has 0 N–H and O–H groups in total. The van der Waals surface area contributed by atoms with E-state index in [1.54, 1.807) is 13.8 Å². The highest BCUT2D eigenvalue weighted by Crippen LogP contribution is 2.09. The van der Waals surface area contributed by atoms with E-state index in [9.17, 15) is 8.78 Å².